The van der Waals surface area contributed by atoms with Crippen molar-refractivity contribution in [3.8, 4) is 5.75 Å². The summed E-state index contributed by atoms with van der Waals surface area (Å²) < 4.78 is 5.49. The number of carboxylic acid groups (broad SMARTS) is 1. The molecule has 0 bridgehead atoms. The lowest BCUT2D eigenvalue weighted by molar-refractivity contribution is -0.138. The van der Waals surface area contributed by atoms with Crippen molar-refractivity contribution < 1.29 is 19.4 Å². The number of rotatable bonds is 5. The Morgan fingerprint density at radius 1 is 1.42 bits per heavy atom. The van der Waals surface area contributed by atoms with Gasteiger partial charge in [-0.1, -0.05) is 0 Å². The minimum atomic E-state index is -0.883. The molecule has 0 spiro atoms. The van der Waals surface area contributed by atoms with E-state index < -0.39 is 5.97 Å². The molecule has 0 radical (unpaired) electrons. The third-order valence-corrected chi connectivity index (χ3v) is 3.02. The van der Waals surface area contributed by atoms with Gasteiger partial charge in [0, 0.05) is 18.7 Å². The third kappa shape index (κ3) is 3.47. The van der Waals surface area contributed by atoms with Crippen LogP contribution in [0, 0.1) is 0 Å². The molecule has 1 amide bonds. The molecule has 1 aromatic carbocycles. The van der Waals surface area contributed by atoms with E-state index in [1.54, 1.807) is 24.0 Å². The summed E-state index contributed by atoms with van der Waals surface area (Å²) in [6.07, 6.45) is 1.09. The molecule has 5 heteroatoms. The molecule has 2 rings (SSSR count). The van der Waals surface area contributed by atoms with Crippen LogP contribution in [0.2, 0.25) is 0 Å². The van der Waals surface area contributed by atoms with E-state index in [9.17, 15) is 9.59 Å². The number of hydrogen-bond acceptors (Lipinski definition) is 3. The van der Waals surface area contributed by atoms with E-state index >= 15 is 0 Å². The second kappa shape index (κ2) is 5.73. The summed E-state index contributed by atoms with van der Waals surface area (Å²) >= 11 is 0. The van der Waals surface area contributed by atoms with Crippen LogP contribution < -0.4 is 9.64 Å². The molecule has 1 fully saturated rings. The number of amides is 1. The first-order valence-electron chi connectivity index (χ1n) is 6.35. The van der Waals surface area contributed by atoms with E-state index in [0.29, 0.717) is 12.2 Å². The molecule has 1 N–H and O–H groups in total. The van der Waals surface area contributed by atoms with E-state index in [0.717, 1.165) is 18.7 Å². The smallest absolute Gasteiger partial charge is 0.307 e. The van der Waals surface area contributed by atoms with E-state index in [4.69, 9.17) is 9.84 Å². The van der Waals surface area contributed by atoms with E-state index in [2.05, 4.69) is 0 Å². The minimum absolute atomic E-state index is 0.0354. The van der Waals surface area contributed by atoms with Gasteiger partial charge < -0.3 is 14.7 Å². The Balaban J connectivity index is 1.98. The first kappa shape index (κ1) is 13.4. The average Bonchev–Trinajstić information content (AvgIpc) is 2.75. The number of carbonyl (C=O) groups excluding carboxylic acids is 1. The maximum absolute atomic E-state index is 11.6. The molecule has 102 valence electrons. The zero-order valence-electron chi connectivity index (χ0n) is 10.8. The lowest BCUT2D eigenvalue weighted by atomic mass is 10.2. The lowest BCUT2D eigenvalue weighted by Crippen LogP contribution is -2.23. The van der Waals surface area contributed by atoms with Gasteiger partial charge in [-0.05, 0) is 37.6 Å². The molecule has 19 heavy (non-hydrogen) atoms. The number of ether oxygens (including phenoxy) is 1. The Bertz CT molecular complexity index is 469. The summed E-state index contributed by atoms with van der Waals surface area (Å²) in [6.45, 7) is 2.47. The summed E-state index contributed by atoms with van der Waals surface area (Å²) in [5, 5.41) is 8.65. The number of aliphatic carboxylic acids is 1. The summed E-state index contributed by atoms with van der Waals surface area (Å²) in [5.74, 6) is -0.121. The molecule has 5 nitrogen and oxygen atoms in total. The van der Waals surface area contributed by atoms with Crippen LogP contribution in [0.4, 0.5) is 5.69 Å². The lowest BCUT2D eigenvalue weighted by Gasteiger charge is -2.17. The van der Waals surface area contributed by atoms with Gasteiger partial charge in [0.25, 0.3) is 0 Å². The summed E-state index contributed by atoms with van der Waals surface area (Å²) in [6, 6.07) is 7.18. The van der Waals surface area contributed by atoms with Crippen molar-refractivity contribution in [2.24, 2.45) is 0 Å². The number of benzene rings is 1. The second-order valence-electron chi connectivity index (χ2n) is 4.67. The van der Waals surface area contributed by atoms with Crippen molar-refractivity contribution in [3.05, 3.63) is 24.3 Å². The molecular formula is C14H17NO4. The highest BCUT2D eigenvalue weighted by molar-refractivity contribution is 5.95. The molecule has 1 aliphatic rings. The highest BCUT2D eigenvalue weighted by atomic mass is 16.5. The Kier molecular flexibility index (Phi) is 4.04. The summed E-state index contributed by atoms with van der Waals surface area (Å²) in [7, 11) is 0. The van der Waals surface area contributed by atoms with Crippen LogP contribution in [0.1, 0.15) is 26.2 Å². The van der Waals surface area contributed by atoms with Gasteiger partial charge in [-0.3, -0.25) is 9.59 Å². The van der Waals surface area contributed by atoms with Crippen molar-refractivity contribution in [2.45, 2.75) is 32.3 Å². The molecule has 0 saturated carbocycles. The van der Waals surface area contributed by atoms with E-state index in [1.807, 2.05) is 12.1 Å². The van der Waals surface area contributed by atoms with Gasteiger partial charge in [-0.2, -0.15) is 0 Å². The SMILES string of the molecule is CC(CC(=O)O)Oc1ccc(N2CCCC2=O)cc1. The predicted octanol–water partition coefficient (Wildman–Crippen LogP) is 2.06. The van der Waals surface area contributed by atoms with Crippen LogP contribution in [0.25, 0.3) is 0 Å². The number of hydrogen-bond donors (Lipinski definition) is 1. The topological polar surface area (TPSA) is 66.8 Å². The van der Waals surface area contributed by atoms with Crippen LogP contribution in [0.3, 0.4) is 0 Å². The molecule has 0 aliphatic carbocycles. The minimum Gasteiger partial charge on any atom is -0.490 e. The number of carboxylic acids is 1. The molecule has 1 aromatic rings. The maximum Gasteiger partial charge on any atom is 0.307 e. The number of carbonyl (C=O) groups is 2. The first-order valence-corrected chi connectivity index (χ1v) is 6.35. The fraction of sp³-hybridized carbons (Fsp3) is 0.429. The number of nitrogens with zero attached hydrogens (tertiary/aromatic N) is 1. The van der Waals surface area contributed by atoms with Crippen molar-refractivity contribution >= 4 is 17.6 Å². The van der Waals surface area contributed by atoms with Gasteiger partial charge in [0.15, 0.2) is 0 Å². The van der Waals surface area contributed by atoms with Crippen LogP contribution in [0.5, 0.6) is 5.75 Å². The maximum atomic E-state index is 11.6. The van der Waals surface area contributed by atoms with Crippen LogP contribution in [-0.2, 0) is 9.59 Å². The first-order chi connectivity index (χ1) is 9.06. The molecule has 1 heterocycles. The fourth-order valence-electron chi connectivity index (χ4n) is 2.15. The molecular weight excluding hydrogens is 246 g/mol. The van der Waals surface area contributed by atoms with Gasteiger partial charge in [0.2, 0.25) is 5.91 Å². The Morgan fingerprint density at radius 3 is 2.63 bits per heavy atom. The Hall–Kier alpha value is -2.04. The Morgan fingerprint density at radius 2 is 2.11 bits per heavy atom. The fourth-order valence-corrected chi connectivity index (χ4v) is 2.15. The molecule has 1 atom stereocenters. The average molecular weight is 263 g/mol. The molecule has 1 aliphatic heterocycles. The largest absolute Gasteiger partial charge is 0.490 e. The third-order valence-electron chi connectivity index (χ3n) is 3.02. The predicted molar refractivity (Wildman–Crippen MR) is 70.4 cm³/mol. The van der Waals surface area contributed by atoms with Gasteiger partial charge >= 0.3 is 5.97 Å². The van der Waals surface area contributed by atoms with Crippen LogP contribution >= 0.6 is 0 Å². The van der Waals surface area contributed by atoms with Gasteiger partial charge in [0.05, 0.1) is 6.42 Å². The monoisotopic (exact) mass is 263 g/mol. The molecule has 1 unspecified atom stereocenters. The highest BCUT2D eigenvalue weighted by Gasteiger charge is 2.21. The van der Waals surface area contributed by atoms with Crippen molar-refractivity contribution in [1.29, 1.82) is 0 Å². The quantitative estimate of drug-likeness (QED) is 0.883. The van der Waals surface area contributed by atoms with Crippen LogP contribution in [-0.4, -0.2) is 29.6 Å². The van der Waals surface area contributed by atoms with Gasteiger partial charge in [-0.25, -0.2) is 0 Å². The summed E-state index contributed by atoms with van der Waals surface area (Å²) in [4.78, 5) is 23.9. The number of anilines is 1. The van der Waals surface area contributed by atoms with Crippen molar-refractivity contribution in [1.82, 2.24) is 0 Å². The van der Waals surface area contributed by atoms with Gasteiger partial charge in [0.1, 0.15) is 11.9 Å². The zero-order chi connectivity index (χ0) is 13.8. The zero-order valence-corrected chi connectivity index (χ0v) is 10.8. The Labute approximate surface area is 111 Å². The normalized spacial score (nSPS) is 16.5. The van der Waals surface area contributed by atoms with Crippen molar-refractivity contribution in [2.75, 3.05) is 11.4 Å². The standard InChI is InChI=1S/C14H17NO4/c1-10(9-14(17)18)19-12-6-4-11(5-7-12)15-8-2-3-13(15)16/h4-7,10H,2-3,8-9H2,1H3,(H,17,18). The van der Waals surface area contributed by atoms with E-state index in [1.165, 1.54) is 0 Å². The molecule has 1 saturated heterocycles. The second-order valence-corrected chi connectivity index (χ2v) is 4.67. The van der Waals surface area contributed by atoms with Crippen molar-refractivity contribution in [3.63, 3.8) is 0 Å². The molecule has 0 aromatic heterocycles. The summed E-state index contributed by atoms with van der Waals surface area (Å²) in [5.41, 5.74) is 0.862. The van der Waals surface area contributed by atoms with Gasteiger partial charge in [-0.15, -0.1) is 0 Å². The highest BCUT2D eigenvalue weighted by Crippen LogP contribution is 2.24. The van der Waals surface area contributed by atoms with Crippen LogP contribution in [0.15, 0.2) is 24.3 Å². The van der Waals surface area contributed by atoms with E-state index in [-0.39, 0.29) is 18.4 Å².